The highest BCUT2D eigenvalue weighted by Gasteiger charge is 2.26. The summed E-state index contributed by atoms with van der Waals surface area (Å²) in [5.41, 5.74) is 3.26. The lowest BCUT2D eigenvalue weighted by atomic mass is 9.94. The number of nitrogens with zero attached hydrogens (tertiary/aromatic N) is 2. The molecular weight excluding hydrogens is 283 g/mol. The number of benzene rings is 1. The average Bonchev–Trinajstić information content (AvgIpc) is 2.68. The van der Waals surface area contributed by atoms with Crippen LogP contribution in [-0.2, 0) is 6.42 Å². The molecule has 0 spiro atoms. The lowest BCUT2D eigenvalue weighted by molar-refractivity contribution is 0.0971. The Kier molecular flexibility index (Phi) is 3.11. The van der Waals surface area contributed by atoms with E-state index in [4.69, 9.17) is 23.2 Å². The number of ketones is 1. The fourth-order valence-corrected chi connectivity index (χ4v) is 3.05. The molecular formula is C14H12Cl2N2O. The third-order valence-electron chi connectivity index (χ3n) is 3.39. The van der Waals surface area contributed by atoms with Crippen LogP contribution in [0.5, 0.6) is 0 Å². The predicted octanol–water partition coefficient (Wildman–Crippen LogP) is 4.01. The third-order valence-corrected chi connectivity index (χ3v) is 3.93. The highest BCUT2D eigenvalue weighted by atomic mass is 35.5. The lowest BCUT2D eigenvalue weighted by Gasteiger charge is -2.14. The molecule has 1 aliphatic carbocycles. The first kappa shape index (κ1) is 12.7. The molecule has 3 rings (SSSR count). The lowest BCUT2D eigenvalue weighted by Crippen LogP contribution is -2.13. The zero-order valence-electron chi connectivity index (χ0n) is 10.4. The van der Waals surface area contributed by atoms with Crippen LogP contribution in [0, 0.1) is 6.92 Å². The van der Waals surface area contributed by atoms with Gasteiger partial charge in [-0.15, -0.1) is 0 Å². The van der Waals surface area contributed by atoms with Crippen molar-refractivity contribution in [1.82, 2.24) is 9.78 Å². The number of fused-ring (bicyclic) bond motifs is 1. The van der Waals surface area contributed by atoms with Crippen LogP contribution in [0.25, 0.3) is 5.69 Å². The van der Waals surface area contributed by atoms with Gasteiger partial charge in [-0.3, -0.25) is 4.79 Å². The van der Waals surface area contributed by atoms with Crippen LogP contribution >= 0.6 is 23.2 Å². The smallest absolute Gasteiger partial charge is 0.166 e. The van der Waals surface area contributed by atoms with E-state index in [1.54, 1.807) is 16.8 Å². The molecule has 5 heteroatoms. The van der Waals surface area contributed by atoms with Crippen molar-refractivity contribution in [3.63, 3.8) is 0 Å². The maximum absolute atomic E-state index is 12.0. The highest BCUT2D eigenvalue weighted by molar-refractivity contribution is 6.35. The zero-order valence-corrected chi connectivity index (χ0v) is 11.9. The van der Waals surface area contributed by atoms with Crippen molar-refractivity contribution in [2.24, 2.45) is 0 Å². The van der Waals surface area contributed by atoms with Crippen molar-refractivity contribution >= 4 is 29.0 Å². The molecule has 0 atom stereocenters. The summed E-state index contributed by atoms with van der Waals surface area (Å²) in [6.45, 7) is 1.86. The maximum Gasteiger partial charge on any atom is 0.166 e. The van der Waals surface area contributed by atoms with Gasteiger partial charge in [-0.05, 0) is 38.0 Å². The van der Waals surface area contributed by atoms with E-state index < -0.39 is 0 Å². The Hall–Kier alpha value is -1.32. The van der Waals surface area contributed by atoms with Crippen LogP contribution < -0.4 is 0 Å². The number of carbonyl (C=O) groups excluding carboxylic acids is 1. The van der Waals surface area contributed by atoms with Crippen LogP contribution in [0.2, 0.25) is 10.0 Å². The van der Waals surface area contributed by atoms with Gasteiger partial charge in [0.25, 0.3) is 0 Å². The molecule has 1 heterocycles. The molecule has 0 saturated heterocycles. The quantitative estimate of drug-likeness (QED) is 0.796. The minimum atomic E-state index is 0.176. The first-order valence-corrected chi connectivity index (χ1v) is 6.90. The van der Waals surface area contributed by atoms with Gasteiger partial charge < -0.3 is 0 Å². The van der Waals surface area contributed by atoms with Crippen molar-refractivity contribution in [2.75, 3.05) is 0 Å². The third kappa shape index (κ3) is 2.07. The zero-order chi connectivity index (χ0) is 13.6. The van der Waals surface area contributed by atoms with E-state index in [-0.39, 0.29) is 5.78 Å². The standard InChI is InChI=1S/C14H12Cl2N2O/c1-8-14-12(3-2-4-13(14)19)18(17-8)11-6-5-9(15)7-10(11)16/h5-7H,2-4H2,1H3. The predicted molar refractivity (Wildman–Crippen MR) is 75.6 cm³/mol. The number of aromatic nitrogens is 2. The van der Waals surface area contributed by atoms with Gasteiger partial charge >= 0.3 is 0 Å². The number of halogens is 2. The summed E-state index contributed by atoms with van der Waals surface area (Å²) in [7, 11) is 0. The second-order valence-electron chi connectivity index (χ2n) is 4.69. The first-order chi connectivity index (χ1) is 9.08. The Balaban J connectivity index is 2.21. The molecule has 0 unspecified atom stereocenters. The number of Topliss-reactive ketones (excluding diaryl/α,β-unsaturated/α-hetero) is 1. The molecule has 1 aliphatic rings. The number of aryl methyl sites for hydroxylation is 1. The van der Waals surface area contributed by atoms with Crippen molar-refractivity contribution < 1.29 is 4.79 Å². The second-order valence-corrected chi connectivity index (χ2v) is 5.54. The van der Waals surface area contributed by atoms with E-state index in [0.29, 0.717) is 16.5 Å². The van der Waals surface area contributed by atoms with E-state index in [2.05, 4.69) is 5.10 Å². The summed E-state index contributed by atoms with van der Waals surface area (Å²) in [5, 5.41) is 5.60. The highest BCUT2D eigenvalue weighted by Crippen LogP contribution is 2.30. The molecule has 0 fully saturated rings. The van der Waals surface area contributed by atoms with Gasteiger partial charge in [0.05, 0.1) is 27.7 Å². The average molecular weight is 295 g/mol. The molecule has 0 amide bonds. The van der Waals surface area contributed by atoms with E-state index in [0.717, 1.165) is 35.5 Å². The van der Waals surface area contributed by atoms with Gasteiger partial charge in [-0.1, -0.05) is 23.2 Å². The summed E-state index contributed by atoms with van der Waals surface area (Å²) in [4.78, 5) is 12.0. The molecule has 1 aromatic carbocycles. The van der Waals surface area contributed by atoms with Crippen molar-refractivity contribution in [2.45, 2.75) is 26.2 Å². The van der Waals surface area contributed by atoms with Gasteiger partial charge in [0.15, 0.2) is 5.78 Å². The van der Waals surface area contributed by atoms with Gasteiger partial charge in [-0.25, -0.2) is 4.68 Å². The fraction of sp³-hybridized carbons (Fsp3) is 0.286. The van der Waals surface area contributed by atoms with E-state index in [9.17, 15) is 4.79 Å². The summed E-state index contributed by atoms with van der Waals surface area (Å²) in [5.74, 6) is 0.176. The van der Waals surface area contributed by atoms with Crippen molar-refractivity contribution in [3.05, 3.63) is 45.2 Å². The Morgan fingerprint density at radius 3 is 2.79 bits per heavy atom. The molecule has 0 aliphatic heterocycles. The van der Waals surface area contributed by atoms with Gasteiger partial charge in [0, 0.05) is 11.4 Å². The summed E-state index contributed by atoms with van der Waals surface area (Å²) >= 11 is 12.1. The normalized spacial score (nSPS) is 14.6. The topological polar surface area (TPSA) is 34.9 Å². The number of hydrogen-bond donors (Lipinski definition) is 0. The molecule has 0 N–H and O–H groups in total. The number of rotatable bonds is 1. The largest absolute Gasteiger partial charge is 0.294 e. The number of hydrogen-bond acceptors (Lipinski definition) is 2. The number of carbonyl (C=O) groups is 1. The molecule has 2 aromatic rings. The minimum Gasteiger partial charge on any atom is -0.294 e. The second kappa shape index (κ2) is 4.66. The van der Waals surface area contributed by atoms with Crippen LogP contribution in [0.3, 0.4) is 0 Å². The SMILES string of the molecule is Cc1nn(-c2ccc(Cl)cc2Cl)c2c1C(=O)CCC2. The van der Waals surface area contributed by atoms with Crippen LogP contribution in [0.4, 0.5) is 0 Å². The van der Waals surface area contributed by atoms with Gasteiger partial charge in [-0.2, -0.15) is 5.10 Å². The Morgan fingerprint density at radius 1 is 1.26 bits per heavy atom. The summed E-state index contributed by atoms with van der Waals surface area (Å²) < 4.78 is 1.78. The fourth-order valence-electron chi connectivity index (χ4n) is 2.56. The molecule has 0 bridgehead atoms. The minimum absolute atomic E-state index is 0.176. The molecule has 19 heavy (non-hydrogen) atoms. The molecule has 1 aromatic heterocycles. The van der Waals surface area contributed by atoms with Crippen LogP contribution in [-0.4, -0.2) is 15.6 Å². The van der Waals surface area contributed by atoms with E-state index in [1.807, 2.05) is 13.0 Å². The molecule has 0 radical (unpaired) electrons. The van der Waals surface area contributed by atoms with Gasteiger partial charge in [0.1, 0.15) is 0 Å². The van der Waals surface area contributed by atoms with E-state index in [1.165, 1.54) is 0 Å². The van der Waals surface area contributed by atoms with Crippen molar-refractivity contribution in [1.29, 1.82) is 0 Å². The Bertz CT molecular complexity index is 676. The van der Waals surface area contributed by atoms with Crippen LogP contribution in [0.15, 0.2) is 18.2 Å². The summed E-state index contributed by atoms with van der Waals surface area (Å²) in [6.07, 6.45) is 2.32. The van der Waals surface area contributed by atoms with E-state index >= 15 is 0 Å². The molecule has 0 saturated carbocycles. The monoisotopic (exact) mass is 294 g/mol. The van der Waals surface area contributed by atoms with Crippen molar-refractivity contribution in [3.8, 4) is 5.69 Å². The Morgan fingerprint density at radius 2 is 2.05 bits per heavy atom. The Labute approximate surface area is 121 Å². The molecule has 3 nitrogen and oxygen atoms in total. The van der Waals surface area contributed by atoms with Crippen LogP contribution in [0.1, 0.15) is 34.6 Å². The summed E-state index contributed by atoms with van der Waals surface area (Å²) in [6, 6.07) is 5.29. The molecule has 98 valence electrons. The maximum atomic E-state index is 12.0. The first-order valence-electron chi connectivity index (χ1n) is 6.15. The van der Waals surface area contributed by atoms with Gasteiger partial charge in [0.2, 0.25) is 0 Å².